The highest BCUT2D eigenvalue weighted by molar-refractivity contribution is 5.87. The van der Waals surface area contributed by atoms with E-state index in [1.807, 2.05) is 6.07 Å². The van der Waals surface area contributed by atoms with Gasteiger partial charge in [0.05, 0.1) is 12.2 Å². The van der Waals surface area contributed by atoms with Gasteiger partial charge < -0.3 is 15.2 Å². The van der Waals surface area contributed by atoms with Gasteiger partial charge in [0, 0.05) is 18.2 Å². The lowest BCUT2D eigenvalue weighted by Gasteiger charge is -2.18. The van der Waals surface area contributed by atoms with Crippen molar-refractivity contribution in [3.05, 3.63) is 65.0 Å². The number of carboxylic acids is 1. The molecule has 0 fully saturated rings. The zero-order valence-corrected chi connectivity index (χ0v) is 12.6. The summed E-state index contributed by atoms with van der Waals surface area (Å²) in [4.78, 5) is 11.0. The fourth-order valence-electron chi connectivity index (χ4n) is 2.82. The van der Waals surface area contributed by atoms with Gasteiger partial charge in [-0.05, 0) is 48.7 Å². The first-order valence-electron chi connectivity index (χ1n) is 7.61. The molecule has 0 aliphatic carbocycles. The molecule has 4 nitrogen and oxygen atoms in total. The molecule has 0 bridgehead atoms. The lowest BCUT2D eigenvalue weighted by Crippen LogP contribution is -2.21. The van der Waals surface area contributed by atoms with Gasteiger partial charge in [-0.2, -0.15) is 0 Å². The first kappa shape index (κ1) is 15.5. The van der Waals surface area contributed by atoms with Crippen molar-refractivity contribution in [1.29, 1.82) is 0 Å². The molecule has 1 heterocycles. The van der Waals surface area contributed by atoms with Crippen LogP contribution < -0.4 is 10.1 Å². The number of hydrogen-bond acceptors (Lipinski definition) is 3. The molecule has 23 heavy (non-hydrogen) atoms. The zero-order chi connectivity index (χ0) is 16.2. The molecule has 1 atom stereocenters. The van der Waals surface area contributed by atoms with Gasteiger partial charge in [0.1, 0.15) is 11.6 Å². The van der Waals surface area contributed by atoms with Gasteiger partial charge in [0.15, 0.2) is 0 Å². The Balaban J connectivity index is 1.77. The summed E-state index contributed by atoms with van der Waals surface area (Å²) in [5.41, 5.74) is 1.96. The van der Waals surface area contributed by atoms with Crippen molar-refractivity contribution in [2.75, 3.05) is 6.61 Å². The third-order valence-electron chi connectivity index (χ3n) is 3.97. The van der Waals surface area contributed by atoms with Gasteiger partial charge in [0.2, 0.25) is 0 Å². The van der Waals surface area contributed by atoms with Crippen LogP contribution in [0.2, 0.25) is 0 Å². The predicted molar refractivity (Wildman–Crippen MR) is 84.1 cm³/mol. The second kappa shape index (κ2) is 6.79. The number of nitrogens with one attached hydrogen (secondary N) is 1. The molecule has 0 saturated heterocycles. The van der Waals surface area contributed by atoms with E-state index in [-0.39, 0.29) is 17.4 Å². The zero-order valence-electron chi connectivity index (χ0n) is 12.6. The van der Waals surface area contributed by atoms with Crippen LogP contribution in [-0.2, 0) is 6.54 Å². The van der Waals surface area contributed by atoms with Crippen molar-refractivity contribution in [1.82, 2.24) is 5.32 Å². The highest BCUT2D eigenvalue weighted by Crippen LogP contribution is 2.32. The van der Waals surface area contributed by atoms with E-state index < -0.39 is 5.97 Å². The second-order valence-corrected chi connectivity index (χ2v) is 5.61. The Morgan fingerprint density at radius 1 is 1.30 bits per heavy atom. The molecule has 5 heteroatoms. The van der Waals surface area contributed by atoms with Gasteiger partial charge in [-0.25, -0.2) is 9.18 Å². The summed E-state index contributed by atoms with van der Waals surface area (Å²) in [5, 5.41) is 12.4. The molecule has 120 valence electrons. The average molecular weight is 315 g/mol. The minimum Gasteiger partial charge on any atom is -0.493 e. The average Bonchev–Trinajstić information content (AvgIpc) is 2.75. The predicted octanol–water partition coefficient (Wildman–Crippen LogP) is 3.53. The highest BCUT2D eigenvalue weighted by atomic mass is 19.1. The summed E-state index contributed by atoms with van der Waals surface area (Å²) in [6.45, 7) is 1.13. The van der Waals surface area contributed by atoms with Crippen LogP contribution in [-0.4, -0.2) is 17.7 Å². The third-order valence-corrected chi connectivity index (χ3v) is 3.97. The maximum absolute atomic E-state index is 13.6. The number of aromatic carboxylic acids is 1. The van der Waals surface area contributed by atoms with E-state index in [2.05, 4.69) is 5.32 Å². The number of fused-ring (bicyclic) bond motifs is 1. The summed E-state index contributed by atoms with van der Waals surface area (Å²) in [6, 6.07) is 11.4. The number of benzene rings is 2. The molecule has 0 spiro atoms. The molecule has 0 amide bonds. The summed E-state index contributed by atoms with van der Waals surface area (Å²) in [5.74, 6) is -0.517. The molecular weight excluding hydrogens is 297 g/mol. The summed E-state index contributed by atoms with van der Waals surface area (Å²) in [7, 11) is 0. The molecular formula is C18H18FNO3. The van der Waals surface area contributed by atoms with E-state index in [0.29, 0.717) is 18.9 Å². The quantitative estimate of drug-likeness (QED) is 0.906. The first-order chi connectivity index (χ1) is 11.1. The number of ether oxygens (including phenoxy) is 1. The number of carboxylic acid groups (broad SMARTS) is 1. The van der Waals surface area contributed by atoms with Crippen LogP contribution in [0.4, 0.5) is 4.39 Å². The Hall–Kier alpha value is -2.40. The molecule has 1 unspecified atom stereocenters. The van der Waals surface area contributed by atoms with Crippen LogP contribution in [0.1, 0.15) is 40.4 Å². The van der Waals surface area contributed by atoms with E-state index in [1.54, 1.807) is 24.3 Å². The van der Waals surface area contributed by atoms with Crippen molar-refractivity contribution in [2.45, 2.75) is 25.4 Å². The fourth-order valence-corrected chi connectivity index (χ4v) is 2.82. The third kappa shape index (κ3) is 3.68. The van der Waals surface area contributed by atoms with Gasteiger partial charge in [-0.3, -0.25) is 0 Å². The van der Waals surface area contributed by atoms with Gasteiger partial charge in [0.25, 0.3) is 0 Å². The van der Waals surface area contributed by atoms with Gasteiger partial charge in [-0.1, -0.05) is 12.1 Å². The van der Waals surface area contributed by atoms with Crippen molar-refractivity contribution >= 4 is 5.97 Å². The van der Waals surface area contributed by atoms with Crippen LogP contribution >= 0.6 is 0 Å². The Morgan fingerprint density at radius 3 is 3.00 bits per heavy atom. The number of hydrogen-bond donors (Lipinski definition) is 2. The van der Waals surface area contributed by atoms with Gasteiger partial charge in [-0.15, -0.1) is 0 Å². The smallest absolute Gasteiger partial charge is 0.335 e. The normalized spacial score (nSPS) is 17.0. The Morgan fingerprint density at radius 2 is 2.17 bits per heavy atom. The molecule has 3 rings (SSSR count). The van der Waals surface area contributed by atoms with Crippen LogP contribution in [0.25, 0.3) is 0 Å². The maximum Gasteiger partial charge on any atom is 0.335 e. The monoisotopic (exact) mass is 315 g/mol. The molecule has 2 aromatic rings. The minimum absolute atomic E-state index is 0.0170. The van der Waals surface area contributed by atoms with E-state index in [1.165, 1.54) is 12.1 Å². The summed E-state index contributed by atoms with van der Waals surface area (Å²) in [6.07, 6.45) is 1.72. The van der Waals surface area contributed by atoms with Crippen LogP contribution in [0.3, 0.4) is 0 Å². The molecule has 2 aromatic carbocycles. The Kier molecular flexibility index (Phi) is 4.57. The topological polar surface area (TPSA) is 58.6 Å². The molecule has 1 aliphatic heterocycles. The largest absolute Gasteiger partial charge is 0.493 e. The van der Waals surface area contributed by atoms with E-state index in [9.17, 15) is 9.18 Å². The molecule has 0 saturated carbocycles. The molecule has 1 aliphatic rings. The Labute approximate surface area is 133 Å². The van der Waals surface area contributed by atoms with Crippen molar-refractivity contribution in [2.24, 2.45) is 0 Å². The molecule has 0 aromatic heterocycles. The van der Waals surface area contributed by atoms with Crippen molar-refractivity contribution < 1.29 is 19.0 Å². The number of carbonyl (C=O) groups is 1. The standard InChI is InChI=1S/C18H18FNO3/c19-14-6-7-17-15(10-14)16(5-2-8-23-17)20-11-12-3-1-4-13(9-12)18(21)22/h1,3-4,6-7,9-10,16,20H,2,5,8,11H2,(H,21,22). The second-order valence-electron chi connectivity index (χ2n) is 5.61. The maximum atomic E-state index is 13.6. The van der Waals surface area contributed by atoms with Crippen molar-refractivity contribution in [3.63, 3.8) is 0 Å². The SMILES string of the molecule is O=C(O)c1cccc(CNC2CCCOc3ccc(F)cc32)c1. The number of halogens is 1. The first-order valence-corrected chi connectivity index (χ1v) is 7.61. The summed E-state index contributed by atoms with van der Waals surface area (Å²) < 4.78 is 19.2. The molecule has 2 N–H and O–H groups in total. The number of rotatable bonds is 4. The molecule has 0 radical (unpaired) electrons. The van der Waals surface area contributed by atoms with E-state index in [4.69, 9.17) is 9.84 Å². The van der Waals surface area contributed by atoms with Crippen LogP contribution in [0, 0.1) is 5.82 Å². The Bertz CT molecular complexity index is 717. The van der Waals surface area contributed by atoms with E-state index in [0.717, 1.165) is 24.0 Å². The highest BCUT2D eigenvalue weighted by Gasteiger charge is 2.20. The lowest BCUT2D eigenvalue weighted by atomic mass is 10.0. The van der Waals surface area contributed by atoms with E-state index >= 15 is 0 Å². The minimum atomic E-state index is -0.942. The fraction of sp³-hybridized carbons (Fsp3) is 0.278. The van der Waals surface area contributed by atoms with Crippen LogP contribution in [0.5, 0.6) is 5.75 Å². The van der Waals surface area contributed by atoms with Gasteiger partial charge >= 0.3 is 5.97 Å². The van der Waals surface area contributed by atoms with Crippen LogP contribution in [0.15, 0.2) is 42.5 Å². The lowest BCUT2D eigenvalue weighted by molar-refractivity contribution is 0.0696. The summed E-state index contributed by atoms with van der Waals surface area (Å²) >= 11 is 0. The van der Waals surface area contributed by atoms with Crippen molar-refractivity contribution in [3.8, 4) is 5.75 Å².